The van der Waals surface area contributed by atoms with E-state index in [9.17, 15) is 4.79 Å². The van der Waals surface area contributed by atoms with Crippen LogP contribution in [0.15, 0.2) is 41.6 Å². The maximum Gasteiger partial charge on any atom is 0.234 e. The summed E-state index contributed by atoms with van der Waals surface area (Å²) < 4.78 is 7.81. The van der Waals surface area contributed by atoms with E-state index in [4.69, 9.17) is 4.74 Å². The lowest BCUT2D eigenvalue weighted by molar-refractivity contribution is -0.113. The lowest BCUT2D eigenvalue weighted by atomic mass is 10.1. The SMILES string of the molecule is CCn1c(COc2ccc(C)cc2)nnc1SCC(=O)Nc1c(C)cc(C)cc1C. The van der Waals surface area contributed by atoms with Gasteiger partial charge < -0.3 is 14.6 Å². The molecule has 1 heterocycles. The quantitative estimate of drug-likeness (QED) is 0.524. The van der Waals surface area contributed by atoms with E-state index in [1.54, 1.807) is 0 Å². The number of ether oxygens (including phenoxy) is 1. The molecule has 0 aliphatic carbocycles. The van der Waals surface area contributed by atoms with Crippen LogP contribution in [0, 0.1) is 27.7 Å². The topological polar surface area (TPSA) is 69.0 Å². The predicted octanol–water partition coefficient (Wildman–Crippen LogP) is 4.84. The van der Waals surface area contributed by atoms with E-state index < -0.39 is 0 Å². The number of amides is 1. The van der Waals surface area contributed by atoms with Gasteiger partial charge in [-0.3, -0.25) is 4.79 Å². The van der Waals surface area contributed by atoms with Crippen molar-refractivity contribution >= 4 is 23.4 Å². The summed E-state index contributed by atoms with van der Waals surface area (Å²) in [6.45, 7) is 11.2. The Labute approximate surface area is 182 Å². The van der Waals surface area contributed by atoms with Gasteiger partial charge in [0.25, 0.3) is 0 Å². The van der Waals surface area contributed by atoms with Crippen LogP contribution in [0.5, 0.6) is 5.75 Å². The number of nitrogens with one attached hydrogen (secondary N) is 1. The fourth-order valence-corrected chi connectivity index (χ4v) is 4.14. The molecule has 0 saturated carbocycles. The van der Waals surface area contributed by atoms with Crippen molar-refractivity contribution in [3.8, 4) is 5.75 Å². The first-order valence-corrected chi connectivity index (χ1v) is 11.0. The number of anilines is 1. The van der Waals surface area contributed by atoms with Gasteiger partial charge in [0.2, 0.25) is 5.91 Å². The van der Waals surface area contributed by atoms with Gasteiger partial charge in [-0.15, -0.1) is 10.2 Å². The third kappa shape index (κ3) is 5.42. The molecule has 158 valence electrons. The van der Waals surface area contributed by atoms with Crippen LogP contribution in [0.3, 0.4) is 0 Å². The van der Waals surface area contributed by atoms with Crippen LogP contribution < -0.4 is 10.1 Å². The van der Waals surface area contributed by atoms with Crippen LogP contribution in [0.4, 0.5) is 5.69 Å². The summed E-state index contributed by atoms with van der Waals surface area (Å²) >= 11 is 1.38. The smallest absolute Gasteiger partial charge is 0.234 e. The maximum atomic E-state index is 12.5. The zero-order valence-electron chi connectivity index (χ0n) is 18.2. The fraction of sp³-hybridized carbons (Fsp3) is 0.348. The summed E-state index contributed by atoms with van der Waals surface area (Å²) in [5.74, 6) is 1.75. The molecule has 3 aromatic rings. The molecule has 0 saturated heterocycles. The van der Waals surface area contributed by atoms with Crippen molar-refractivity contribution in [2.24, 2.45) is 0 Å². The van der Waals surface area contributed by atoms with Crippen molar-refractivity contribution in [3.05, 3.63) is 64.5 Å². The van der Waals surface area contributed by atoms with Crippen LogP contribution in [-0.4, -0.2) is 26.4 Å². The predicted molar refractivity (Wildman–Crippen MR) is 121 cm³/mol. The number of hydrogen-bond acceptors (Lipinski definition) is 5. The number of benzene rings is 2. The second-order valence-electron chi connectivity index (χ2n) is 7.36. The lowest BCUT2D eigenvalue weighted by Gasteiger charge is -2.13. The Morgan fingerprint density at radius 3 is 2.33 bits per heavy atom. The van der Waals surface area contributed by atoms with Crippen molar-refractivity contribution in [2.75, 3.05) is 11.1 Å². The lowest BCUT2D eigenvalue weighted by Crippen LogP contribution is -2.16. The molecule has 0 bridgehead atoms. The summed E-state index contributed by atoms with van der Waals surface area (Å²) in [6, 6.07) is 12.1. The molecule has 0 fully saturated rings. The monoisotopic (exact) mass is 424 g/mol. The first-order chi connectivity index (χ1) is 14.4. The minimum absolute atomic E-state index is 0.0573. The second kappa shape index (κ2) is 9.80. The van der Waals surface area contributed by atoms with Gasteiger partial charge in [0.05, 0.1) is 5.75 Å². The maximum absolute atomic E-state index is 12.5. The molecule has 0 aliphatic heterocycles. The largest absolute Gasteiger partial charge is 0.486 e. The Kier molecular flexibility index (Phi) is 7.15. The van der Waals surface area contributed by atoms with Crippen LogP contribution in [-0.2, 0) is 17.9 Å². The number of carbonyl (C=O) groups excluding carboxylic acids is 1. The van der Waals surface area contributed by atoms with E-state index in [1.807, 2.05) is 56.5 Å². The number of rotatable bonds is 8. The molecular formula is C23H28N4O2S. The molecule has 0 aliphatic rings. The van der Waals surface area contributed by atoms with Crippen molar-refractivity contribution in [1.29, 1.82) is 0 Å². The molecule has 1 amide bonds. The molecule has 1 aromatic heterocycles. The first kappa shape index (κ1) is 21.9. The van der Waals surface area contributed by atoms with Gasteiger partial charge >= 0.3 is 0 Å². The minimum atomic E-state index is -0.0573. The highest BCUT2D eigenvalue weighted by Gasteiger charge is 2.15. The van der Waals surface area contributed by atoms with Gasteiger partial charge in [-0.25, -0.2) is 0 Å². The Morgan fingerprint density at radius 2 is 1.70 bits per heavy atom. The Bertz CT molecular complexity index is 1010. The number of aromatic nitrogens is 3. The van der Waals surface area contributed by atoms with E-state index >= 15 is 0 Å². The Balaban J connectivity index is 1.60. The normalized spacial score (nSPS) is 10.8. The van der Waals surface area contributed by atoms with Gasteiger partial charge in [-0.1, -0.05) is 47.2 Å². The molecule has 3 rings (SSSR count). The Hall–Kier alpha value is -2.80. The molecule has 0 atom stereocenters. The van der Waals surface area contributed by atoms with Crippen molar-refractivity contribution in [3.63, 3.8) is 0 Å². The zero-order valence-corrected chi connectivity index (χ0v) is 19.0. The number of thioether (sulfide) groups is 1. The average Bonchev–Trinajstić information content (AvgIpc) is 3.10. The van der Waals surface area contributed by atoms with Gasteiger partial charge in [0.15, 0.2) is 11.0 Å². The molecule has 1 N–H and O–H groups in total. The molecule has 0 spiro atoms. The molecule has 2 aromatic carbocycles. The summed E-state index contributed by atoms with van der Waals surface area (Å²) in [7, 11) is 0. The Morgan fingerprint density at radius 1 is 1.03 bits per heavy atom. The van der Waals surface area contributed by atoms with Crippen LogP contribution in [0.25, 0.3) is 0 Å². The van der Waals surface area contributed by atoms with Crippen LogP contribution >= 0.6 is 11.8 Å². The minimum Gasteiger partial charge on any atom is -0.486 e. The van der Waals surface area contributed by atoms with Crippen molar-refractivity contribution < 1.29 is 9.53 Å². The van der Waals surface area contributed by atoms with Crippen LogP contribution in [0.2, 0.25) is 0 Å². The first-order valence-electron chi connectivity index (χ1n) is 9.99. The molecule has 6 nitrogen and oxygen atoms in total. The van der Waals surface area contributed by atoms with E-state index in [0.29, 0.717) is 18.3 Å². The highest BCUT2D eigenvalue weighted by molar-refractivity contribution is 7.99. The zero-order chi connectivity index (χ0) is 21.7. The van der Waals surface area contributed by atoms with E-state index in [-0.39, 0.29) is 11.7 Å². The molecule has 7 heteroatoms. The summed E-state index contributed by atoms with van der Waals surface area (Å²) in [5, 5.41) is 12.3. The molecule has 0 unspecified atom stereocenters. The summed E-state index contributed by atoms with van der Waals surface area (Å²) in [5.41, 5.74) is 5.40. The summed E-state index contributed by atoms with van der Waals surface area (Å²) in [6.07, 6.45) is 0. The van der Waals surface area contributed by atoms with Crippen molar-refractivity contribution in [1.82, 2.24) is 14.8 Å². The summed E-state index contributed by atoms with van der Waals surface area (Å²) in [4.78, 5) is 12.5. The van der Waals surface area contributed by atoms with Gasteiger partial charge in [-0.2, -0.15) is 0 Å². The van der Waals surface area contributed by atoms with Crippen LogP contribution in [0.1, 0.15) is 35.0 Å². The molecular weight excluding hydrogens is 396 g/mol. The van der Waals surface area contributed by atoms with Gasteiger partial charge in [-0.05, 0) is 57.9 Å². The number of nitrogens with zero attached hydrogens (tertiary/aromatic N) is 3. The third-order valence-corrected chi connectivity index (χ3v) is 5.74. The second-order valence-corrected chi connectivity index (χ2v) is 8.30. The van der Waals surface area contributed by atoms with E-state index in [1.165, 1.54) is 22.9 Å². The number of carbonyl (C=O) groups is 1. The number of aryl methyl sites for hydroxylation is 4. The number of hydrogen-bond donors (Lipinski definition) is 1. The van der Waals surface area contributed by atoms with Gasteiger partial charge in [0, 0.05) is 12.2 Å². The fourth-order valence-electron chi connectivity index (χ4n) is 3.32. The molecule has 0 radical (unpaired) electrons. The average molecular weight is 425 g/mol. The highest BCUT2D eigenvalue weighted by atomic mass is 32.2. The third-order valence-electron chi connectivity index (χ3n) is 4.77. The van der Waals surface area contributed by atoms with E-state index in [2.05, 4.69) is 34.6 Å². The molecule has 30 heavy (non-hydrogen) atoms. The van der Waals surface area contributed by atoms with Gasteiger partial charge in [0.1, 0.15) is 12.4 Å². The van der Waals surface area contributed by atoms with Crippen molar-refractivity contribution in [2.45, 2.75) is 52.9 Å². The standard InChI is InChI=1S/C23H28N4O2S/c1-6-27-20(13-29-19-9-7-15(2)8-10-19)25-26-23(27)30-14-21(28)24-22-17(4)11-16(3)12-18(22)5/h7-12H,6,13-14H2,1-5H3,(H,24,28). The van der Waals surface area contributed by atoms with E-state index in [0.717, 1.165) is 28.4 Å². The highest BCUT2D eigenvalue weighted by Crippen LogP contribution is 2.23.